The topological polar surface area (TPSA) is 29.9 Å². The molecule has 1 atom stereocenters. The molecule has 2 aromatic heterocycles. The van der Waals surface area contributed by atoms with Crippen LogP contribution < -0.4 is 5.32 Å². The van der Waals surface area contributed by atoms with E-state index in [0.717, 1.165) is 19.4 Å². The fourth-order valence-electron chi connectivity index (χ4n) is 2.04. The number of thiophene rings is 1. The molecule has 0 bridgehead atoms. The number of rotatable bonds is 6. The van der Waals surface area contributed by atoms with Gasteiger partial charge in [0.05, 0.1) is 0 Å². The molecule has 0 aliphatic rings. The van der Waals surface area contributed by atoms with Gasteiger partial charge in [-0.3, -0.25) is 4.68 Å². The maximum Gasteiger partial charge on any atom is 0.0492 e. The number of aromatic nitrogens is 2. The van der Waals surface area contributed by atoms with Gasteiger partial charge in [0.25, 0.3) is 0 Å². The Labute approximate surface area is 120 Å². The minimum atomic E-state index is 0.432. The van der Waals surface area contributed by atoms with E-state index in [0.29, 0.717) is 6.04 Å². The molecule has 0 radical (unpaired) electrons. The Kier molecular flexibility index (Phi) is 4.97. The Hall–Kier alpha value is -0.650. The van der Waals surface area contributed by atoms with Gasteiger partial charge in [0.15, 0.2) is 0 Å². The van der Waals surface area contributed by atoms with Crippen LogP contribution in [0.5, 0.6) is 0 Å². The summed E-state index contributed by atoms with van der Waals surface area (Å²) < 4.78 is 3.12. The fourth-order valence-corrected chi connectivity index (χ4v) is 3.60. The van der Waals surface area contributed by atoms with Crippen LogP contribution in [-0.4, -0.2) is 16.3 Å². The van der Waals surface area contributed by atoms with Gasteiger partial charge in [0, 0.05) is 39.7 Å². The summed E-state index contributed by atoms with van der Waals surface area (Å²) in [7, 11) is 2.00. The molecule has 2 heterocycles. The minimum absolute atomic E-state index is 0.432. The maximum absolute atomic E-state index is 4.21. The first-order valence-electron chi connectivity index (χ1n) is 6.15. The van der Waals surface area contributed by atoms with E-state index in [-0.39, 0.29) is 0 Å². The van der Waals surface area contributed by atoms with Crippen LogP contribution in [0.1, 0.15) is 30.0 Å². The second-order valence-electron chi connectivity index (χ2n) is 4.26. The lowest BCUT2D eigenvalue weighted by Crippen LogP contribution is -2.21. The molecule has 1 N–H and O–H groups in total. The molecule has 0 fully saturated rings. The van der Waals surface area contributed by atoms with Crippen molar-refractivity contribution < 1.29 is 0 Å². The molecule has 2 rings (SSSR count). The molecular weight excluding hydrogens is 310 g/mol. The summed E-state index contributed by atoms with van der Waals surface area (Å²) in [5, 5.41) is 9.91. The van der Waals surface area contributed by atoms with Crippen molar-refractivity contribution in [2.75, 3.05) is 6.54 Å². The lowest BCUT2D eigenvalue weighted by Gasteiger charge is -2.16. The van der Waals surface area contributed by atoms with Crippen LogP contribution in [0, 0.1) is 0 Å². The van der Waals surface area contributed by atoms with Gasteiger partial charge in [-0.1, -0.05) is 6.92 Å². The maximum atomic E-state index is 4.21. The van der Waals surface area contributed by atoms with E-state index in [4.69, 9.17) is 0 Å². The van der Waals surface area contributed by atoms with Crippen LogP contribution in [-0.2, 0) is 13.5 Å². The van der Waals surface area contributed by atoms with Crippen molar-refractivity contribution in [2.45, 2.75) is 25.8 Å². The second kappa shape index (κ2) is 6.50. The SMILES string of the molecule is CCNC(CCc1ccnn1C)c1cc(Br)cs1. The molecule has 0 aromatic carbocycles. The number of nitrogens with one attached hydrogen (secondary N) is 1. The molecular formula is C13H18BrN3S. The third-order valence-electron chi connectivity index (χ3n) is 2.99. The highest BCUT2D eigenvalue weighted by atomic mass is 79.9. The van der Waals surface area contributed by atoms with E-state index in [2.05, 4.69) is 50.8 Å². The molecule has 0 saturated heterocycles. The van der Waals surface area contributed by atoms with Crippen LogP contribution >= 0.6 is 27.3 Å². The van der Waals surface area contributed by atoms with E-state index >= 15 is 0 Å². The summed E-state index contributed by atoms with van der Waals surface area (Å²) in [6, 6.07) is 4.73. The van der Waals surface area contributed by atoms with Crippen LogP contribution in [0.3, 0.4) is 0 Å². The number of halogens is 1. The number of hydrogen-bond donors (Lipinski definition) is 1. The minimum Gasteiger partial charge on any atom is -0.310 e. The van der Waals surface area contributed by atoms with Crippen LogP contribution in [0.25, 0.3) is 0 Å². The summed E-state index contributed by atoms with van der Waals surface area (Å²) in [5.74, 6) is 0. The first-order valence-corrected chi connectivity index (χ1v) is 7.82. The molecule has 0 spiro atoms. The second-order valence-corrected chi connectivity index (χ2v) is 6.12. The van der Waals surface area contributed by atoms with Crippen LogP contribution in [0.15, 0.2) is 28.2 Å². The molecule has 0 aliphatic carbocycles. The van der Waals surface area contributed by atoms with Gasteiger partial charge in [-0.15, -0.1) is 11.3 Å². The Bertz CT molecular complexity index is 492. The Morgan fingerprint density at radius 2 is 2.39 bits per heavy atom. The van der Waals surface area contributed by atoms with Gasteiger partial charge in [-0.05, 0) is 47.4 Å². The standard InChI is InChI=1S/C13H18BrN3S/c1-3-15-12(13-8-10(14)9-18-13)5-4-11-6-7-16-17(11)2/h6-9,12,15H,3-5H2,1-2H3. The van der Waals surface area contributed by atoms with E-state index in [1.807, 2.05) is 29.3 Å². The molecule has 98 valence electrons. The predicted octanol–water partition coefficient (Wildman–Crippen LogP) is 3.53. The van der Waals surface area contributed by atoms with E-state index in [9.17, 15) is 0 Å². The normalized spacial score (nSPS) is 12.8. The summed E-state index contributed by atoms with van der Waals surface area (Å²) >= 11 is 5.33. The summed E-state index contributed by atoms with van der Waals surface area (Å²) in [6.07, 6.45) is 4.00. The van der Waals surface area contributed by atoms with Crippen molar-refractivity contribution in [1.82, 2.24) is 15.1 Å². The lowest BCUT2D eigenvalue weighted by atomic mass is 10.1. The van der Waals surface area contributed by atoms with Gasteiger partial charge in [-0.25, -0.2) is 0 Å². The zero-order valence-corrected chi connectivity index (χ0v) is 13.1. The average Bonchev–Trinajstić information content (AvgIpc) is 2.94. The summed E-state index contributed by atoms with van der Waals surface area (Å²) in [4.78, 5) is 1.39. The molecule has 3 nitrogen and oxygen atoms in total. The predicted molar refractivity (Wildman–Crippen MR) is 80.0 cm³/mol. The lowest BCUT2D eigenvalue weighted by molar-refractivity contribution is 0.513. The molecule has 0 saturated carbocycles. The molecule has 18 heavy (non-hydrogen) atoms. The Morgan fingerprint density at radius 3 is 2.94 bits per heavy atom. The highest BCUT2D eigenvalue weighted by Crippen LogP contribution is 2.28. The van der Waals surface area contributed by atoms with Crippen molar-refractivity contribution in [3.8, 4) is 0 Å². The molecule has 0 aliphatic heterocycles. The molecule has 5 heteroatoms. The quantitative estimate of drug-likeness (QED) is 0.879. The van der Waals surface area contributed by atoms with Gasteiger partial charge >= 0.3 is 0 Å². The number of aryl methyl sites for hydroxylation is 2. The van der Waals surface area contributed by atoms with Crippen molar-refractivity contribution in [2.24, 2.45) is 7.05 Å². The van der Waals surface area contributed by atoms with Gasteiger partial charge in [0.1, 0.15) is 0 Å². The largest absolute Gasteiger partial charge is 0.310 e. The Balaban J connectivity index is 2.01. The molecule has 1 unspecified atom stereocenters. The highest BCUT2D eigenvalue weighted by molar-refractivity contribution is 9.10. The molecule has 0 amide bonds. The van der Waals surface area contributed by atoms with Crippen LogP contribution in [0.2, 0.25) is 0 Å². The van der Waals surface area contributed by atoms with E-state index < -0.39 is 0 Å². The first kappa shape index (κ1) is 13.8. The third kappa shape index (κ3) is 3.43. The number of nitrogens with zero attached hydrogens (tertiary/aromatic N) is 2. The van der Waals surface area contributed by atoms with E-state index in [1.165, 1.54) is 15.0 Å². The van der Waals surface area contributed by atoms with Gasteiger partial charge in [-0.2, -0.15) is 5.10 Å². The van der Waals surface area contributed by atoms with Crippen molar-refractivity contribution in [1.29, 1.82) is 0 Å². The average molecular weight is 328 g/mol. The summed E-state index contributed by atoms with van der Waals surface area (Å²) in [5.41, 5.74) is 1.29. The molecule has 2 aromatic rings. The Morgan fingerprint density at radius 1 is 1.56 bits per heavy atom. The van der Waals surface area contributed by atoms with Crippen molar-refractivity contribution >= 4 is 27.3 Å². The zero-order chi connectivity index (χ0) is 13.0. The van der Waals surface area contributed by atoms with Gasteiger partial charge < -0.3 is 5.32 Å². The fraction of sp³-hybridized carbons (Fsp3) is 0.462. The third-order valence-corrected chi connectivity index (χ3v) is 4.80. The van der Waals surface area contributed by atoms with Crippen molar-refractivity contribution in [3.63, 3.8) is 0 Å². The highest BCUT2D eigenvalue weighted by Gasteiger charge is 2.13. The number of hydrogen-bond acceptors (Lipinski definition) is 3. The smallest absolute Gasteiger partial charge is 0.0492 e. The zero-order valence-electron chi connectivity index (χ0n) is 10.7. The van der Waals surface area contributed by atoms with E-state index in [1.54, 1.807) is 0 Å². The van der Waals surface area contributed by atoms with Crippen LogP contribution in [0.4, 0.5) is 0 Å². The van der Waals surface area contributed by atoms with Gasteiger partial charge in [0.2, 0.25) is 0 Å². The first-order chi connectivity index (χ1) is 8.70. The monoisotopic (exact) mass is 327 g/mol. The van der Waals surface area contributed by atoms with Crippen molar-refractivity contribution in [3.05, 3.63) is 38.8 Å². The summed E-state index contributed by atoms with van der Waals surface area (Å²) in [6.45, 7) is 3.14.